The zero-order valence-corrected chi connectivity index (χ0v) is 15.1. The smallest absolute Gasteiger partial charge is 0.317 e. The van der Waals surface area contributed by atoms with Gasteiger partial charge in [-0.3, -0.25) is 4.79 Å². The van der Waals surface area contributed by atoms with E-state index < -0.39 is 5.97 Å². The summed E-state index contributed by atoms with van der Waals surface area (Å²) in [6.07, 6.45) is 5.48. The predicted octanol–water partition coefficient (Wildman–Crippen LogP) is 3.66. The molecule has 1 heterocycles. The third-order valence-corrected chi connectivity index (χ3v) is 5.94. The molecule has 2 aliphatic rings. The molecule has 1 saturated heterocycles. The second-order valence-electron chi connectivity index (χ2n) is 7.26. The molecule has 2 N–H and O–H groups in total. The molecule has 1 saturated carbocycles. The highest BCUT2D eigenvalue weighted by molar-refractivity contribution is 6.30. The quantitative estimate of drug-likeness (QED) is 0.856. The Morgan fingerprint density at radius 1 is 1.24 bits per heavy atom. The Morgan fingerprint density at radius 2 is 1.92 bits per heavy atom. The number of benzene rings is 1. The molecule has 136 valence electrons. The van der Waals surface area contributed by atoms with Crippen molar-refractivity contribution in [2.45, 2.75) is 43.9 Å². The molecule has 6 heteroatoms. The van der Waals surface area contributed by atoms with E-state index in [9.17, 15) is 9.59 Å². The fourth-order valence-corrected chi connectivity index (χ4v) is 4.31. The van der Waals surface area contributed by atoms with E-state index in [4.69, 9.17) is 16.7 Å². The number of likely N-dealkylation sites (tertiary alicyclic amines) is 1. The number of urea groups is 1. The Hall–Kier alpha value is -1.75. The second-order valence-corrected chi connectivity index (χ2v) is 7.69. The summed E-state index contributed by atoms with van der Waals surface area (Å²) in [5.74, 6) is -1.08. The fourth-order valence-electron chi connectivity index (χ4n) is 4.12. The first-order valence-corrected chi connectivity index (χ1v) is 9.40. The largest absolute Gasteiger partial charge is 0.481 e. The van der Waals surface area contributed by atoms with Crippen molar-refractivity contribution in [3.8, 4) is 0 Å². The second kappa shape index (κ2) is 7.65. The molecule has 1 aliphatic heterocycles. The lowest BCUT2D eigenvalue weighted by molar-refractivity contribution is -0.143. The first-order chi connectivity index (χ1) is 12.0. The molecule has 0 bridgehead atoms. The van der Waals surface area contributed by atoms with E-state index in [-0.39, 0.29) is 17.4 Å². The van der Waals surface area contributed by atoms with Gasteiger partial charge >= 0.3 is 12.0 Å². The van der Waals surface area contributed by atoms with Crippen molar-refractivity contribution >= 4 is 23.6 Å². The normalized spacial score (nSPS) is 20.4. The number of hydrogen-bond donors (Lipinski definition) is 2. The first-order valence-electron chi connectivity index (χ1n) is 9.02. The van der Waals surface area contributed by atoms with Gasteiger partial charge in [-0.15, -0.1) is 0 Å². The zero-order valence-electron chi connectivity index (χ0n) is 14.3. The SMILES string of the molecule is O=C(O)C1CCN(C(=O)NCC2(c3cccc(Cl)c3)CCCC2)CC1. The number of aliphatic carboxylic acids is 1. The van der Waals surface area contributed by atoms with Crippen LogP contribution < -0.4 is 5.32 Å². The van der Waals surface area contributed by atoms with E-state index in [1.165, 1.54) is 5.56 Å². The molecule has 5 nitrogen and oxygen atoms in total. The highest BCUT2D eigenvalue weighted by atomic mass is 35.5. The van der Waals surface area contributed by atoms with Crippen molar-refractivity contribution in [2.24, 2.45) is 5.92 Å². The maximum absolute atomic E-state index is 12.5. The number of carbonyl (C=O) groups excluding carboxylic acids is 1. The van der Waals surface area contributed by atoms with Crippen LogP contribution in [0.1, 0.15) is 44.1 Å². The average Bonchev–Trinajstić information content (AvgIpc) is 3.10. The van der Waals surface area contributed by atoms with E-state index in [1.807, 2.05) is 18.2 Å². The van der Waals surface area contributed by atoms with Crippen LogP contribution in [0.3, 0.4) is 0 Å². The van der Waals surface area contributed by atoms with Crippen molar-refractivity contribution in [1.82, 2.24) is 10.2 Å². The summed E-state index contributed by atoms with van der Waals surface area (Å²) in [7, 11) is 0. The molecule has 1 aromatic rings. The summed E-state index contributed by atoms with van der Waals surface area (Å²) in [6.45, 7) is 1.62. The van der Waals surface area contributed by atoms with Crippen LogP contribution in [-0.4, -0.2) is 41.6 Å². The van der Waals surface area contributed by atoms with Crippen LogP contribution in [0.5, 0.6) is 0 Å². The van der Waals surface area contributed by atoms with Gasteiger partial charge in [0.1, 0.15) is 0 Å². The maximum atomic E-state index is 12.5. The van der Waals surface area contributed by atoms with E-state index in [0.717, 1.165) is 30.7 Å². The molecule has 3 rings (SSSR count). The standard InChI is InChI=1S/C19H25ClN2O3/c20-16-5-3-4-15(12-16)19(8-1-2-9-19)13-21-18(25)22-10-6-14(7-11-22)17(23)24/h3-5,12,14H,1-2,6-11,13H2,(H,21,25)(H,23,24). The van der Waals surface area contributed by atoms with Crippen LogP contribution in [0.15, 0.2) is 24.3 Å². The van der Waals surface area contributed by atoms with Gasteiger partial charge in [0, 0.05) is 30.1 Å². The molecule has 0 aromatic heterocycles. The Morgan fingerprint density at radius 3 is 2.52 bits per heavy atom. The number of hydrogen-bond acceptors (Lipinski definition) is 2. The Kier molecular flexibility index (Phi) is 5.52. The van der Waals surface area contributed by atoms with Crippen molar-refractivity contribution in [3.63, 3.8) is 0 Å². The lowest BCUT2D eigenvalue weighted by Crippen LogP contribution is -2.48. The first kappa shape index (κ1) is 18.1. The lowest BCUT2D eigenvalue weighted by atomic mass is 9.79. The number of carbonyl (C=O) groups is 2. The zero-order chi connectivity index (χ0) is 17.9. The van der Waals surface area contributed by atoms with Crippen molar-refractivity contribution < 1.29 is 14.7 Å². The number of nitrogens with one attached hydrogen (secondary N) is 1. The van der Waals surface area contributed by atoms with Gasteiger partial charge in [-0.2, -0.15) is 0 Å². The minimum absolute atomic E-state index is 0.0417. The highest BCUT2D eigenvalue weighted by Crippen LogP contribution is 2.41. The molecule has 2 amide bonds. The molecule has 2 fully saturated rings. The summed E-state index contributed by atoms with van der Waals surface area (Å²) in [6, 6.07) is 7.87. The third-order valence-electron chi connectivity index (χ3n) is 5.71. The van der Waals surface area contributed by atoms with Gasteiger partial charge in [0.05, 0.1) is 5.92 Å². The Bertz CT molecular complexity index is 635. The maximum Gasteiger partial charge on any atom is 0.317 e. The Labute approximate surface area is 153 Å². The number of nitrogens with zero attached hydrogens (tertiary/aromatic N) is 1. The fraction of sp³-hybridized carbons (Fsp3) is 0.579. The number of carboxylic acid groups (broad SMARTS) is 1. The van der Waals surface area contributed by atoms with E-state index in [0.29, 0.717) is 32.5 Å². The van der Waals surface area contributed by atoms with Gasteiger partial charge in [-0.05, 0) is 43.4 Å². The van der Waals surface area contributed by atoms with Crippen LogP contribution in [-0.2, 0) is 10.2 Å². The summed E-state index contributed by atoms with van der Waals surface area (Å²) >= 11 is 6.17. The van der Waals surface area contributed by atoms with E-state index >= 15 is 0 Å². The van der Waals surface area contributed by atoms with Crippen LogP contribution in [0.25, 0.3) is 0 Å². The minimum Gasteiger partial charge on any atom is -0.481 e. The summed E-state index contributed by atoms with van der Waals surface area (Å²) in [4.78, 5) is 25.3. The van der Waals surface area contributed by atoms with Crippen molar-refractivity contribution in [2.75, 3.05) is 19.6 Å². The van der Waals surface area contributed by atoms with Gasteiger partial charge in [-0.25, -0.2) is 4.79 Å². The molecular weight excluding hydrogens is 340 g/mol. The topological polar surface area (TPSA) is 69.6 Å². The monoisotopic (exact) mass is 364 g/mol. The number of piperidine rings is 1. The molecule has 0 atom stereocenters. The molecule has 25 heavy (non-hydrogen) atoms. The average molecular weight is 365 g/mol. The van der Waals surface area contributed by atoms with Gasteiger partial charge in [0.15, 0.2) is 0 Å². The molecular formula is C19H25ClN2O3. The number of halogens is 1. The van der Waals surface area contributed by atoms with Gasteiger partial charge in [0.25, 0.3) is 0 Å². The van der Waals surface area contributed by atoms with Crippen molar-refractivity contribution in [1.29, 1.82) is 0 Å². The van der Waals surface area contributed by atoms with Crippen LogP contribution in [0.4, 0.5) is 4.79 Å². The number of rotatable bonds is 4. The van der Waals surface area contributed by atoms with Gasteiger partial charge < -0.3 is 15.3 Å². The molecule has 0 spiro atoms. The molecule has 1 aliphatic carbocycles. The third kappa shape index (κ3) is 4.09. The summed E-state index contributed by atoms with van der Waals surface area (Å²) in [5.41, 5.74) is 1.15. The van der Waals surface area contributed by atoms with Gasteiger partial charge in [-0.1, -0.05) is 36.6 Å². The number of carboxylic acids is 1. The van der Waals surface area contributed by atoms with E-state index in [2.05, 4.69) is 11.4 Å². The van der Waals surface area contributed by atoms with E-state index in [1.54, 1.807) is 4.90 Å². The predicted molar refractivity (Wildman–Crippen MR) is 96.9 cm³/mol. The summed E-state index contributed by atoms with van der Waals surface area (Å²) in [5, 5.41) is 12.9. The van der Waals surface area contributed by atoms with Crippen LogP contribution in [0.2, 0.25) is 5.02 Å². The number of amides is 2. The Balaban J connectivity index is 1.61. The van der Waals surface area contributed by atoms with Crippen molar-refractivity contribution in [3.05, 3.63) is 34.9 Å². The minimum atomic E-state index is -0.758. The van der Waals surface area contributed by atoms with Crippen LogP contribution >= 0.6 is 11.6 Å². The molecule has 1 aromatic carbocycles. The summed E-state index contributed by atoms with van der Waals surface area (Å²) < 4.78 is 0. The molecule has 0 radical (unpaired) electrons. The highest BCUT2D eigenvalue weighted by Gasteiger charge is 2.36. The molecule has 0 unspecified atom stereocenters. The lowest BCUT2D eigenvalue weighted by Gasteiger charge is -2.34. The van der Waals surface area contributed by atoms with Gasteiger partial charge in [0.2, 0.25) is 0 Å². The van der Waals surface area contributed by atoms with Crippen LogP contribution in [0, 0.1) is 5.92 Å².